The summed E-state index contributed by atoms with van der Waals surface area (Å²) in [6.45, 7) is 3.08. The zero-order valence-corrected chi connectivity index (χ0v) is 23.8. The van der Waals surface area contributed by atoms with E-state index in [1.807, 2.05) is 84.9 Å². The molecule has 1 unspecified atom stereocenters. The van der Waals surface area contributed by atoms with Gasteiger partial charge in [0.25, 0.3) is 0 Å². The number of aliphatic hydroxyl groups is 1. The first kappa shape index (κ1) is 30.4. The number of rotatable bonds is 13. The fraction of sp³-hybridized carbons (Fsp3) is 0.312. The second-order valence-electron chi connectivity index (χ2n) is 10.5. The highest BCUT2D eigenvalue weighted by molar-refractivity contribution is 5.89. The maximum absolute atomic E-state index is 13.2. The summed E-state index contributed by atoms with van der Waals surface area (Å²) in [5, 5.41) is 19.6. The van der Waals surface area contributed by atoms with Gasteiger partial charge in [0, 0.05) is 6.42 Å². The molecule has 0 saturated carbocycles. The number of hydrogen-bond acceptors (Lipinski definition) is 6. The molecule has 0 saturated heterocycles. The van der Waals surface area contributed by atoms with Gasteiger partial charge in [-0.1, -0.05) is 72.8 Å². The van der Waals surface area contributed by atoms with Gasteiger partial charge in [0.15, 0.2) is 0 Å². The third kappa shape index (κ3) is 8.25. The van der Waals surface area contributed by atoms with Crippen molar-refractivity contribution >= 4 is 28.8 Å². The SMILES string of the molecule is C[C@H](N)C(=O)N[C@@H](C)C(=O)N[C@@H](Cc1ccccc1)[C@@H](O)CCC(=O)NC(c1ccccc1)c1nc2ccccc2[nH]1. The predicted octanol–water partition coefficient (Wildman–Crippen LogP) is 2.49. The van der Waals surface area contributed by atoms with Gasteiger partial charge >= 0.3 is 0 Å². The van der Waals surface area contributed by atoms with Crippen molar-refractivity contribution in [1.29, 1.82) is 0 Å². The molecule has 1 heterocycles. The lowest BCUT2D eigenvalue weighted by Gasteiger charge is -2.26. The molecule has 4 rings (SSSR count). The summed E-state index contributed by atoms with van der Waals surface area (Å²) in [6.07, 6.45) is -0.568. The lowest BCUT2D eigenvalue weighted by molar-refractivity contribution is -0.130. The molecule has 0 fully saturated rings. The van der Waals surface area contributed by atoms with Gasteiger partial charge in [0.2, 0.25) is 17.7 Å². The number of carbonyl (C=O) groups is 3. The Kier molecular flexibility index (Phi) is 10.4. The second kappa shape index (κ2) is 14.4. The summed E-state index contributed by atoms with van der Waals surface area (Å²) < 4.78 is 0. The summed E-state index contributed by atoms with van der Waals surface area (Å²) in [5.41, 5.74) is 9.04. The number of aromatic amines is 1. The fourth-order valence-electron chi connectivity index (χ4n) is 4.65. The molecule has 0 aliphatic heterocycles. The molecule has 10 nitrogen and oxygen atoms in total. The number of nitrogens with zero attached hydrogens (tertiary/aromatic N) is 1. The molecule has 4 aromatic rings. The van der Waals surface area contributed by atoms with Crippen LogP contribution in [0.1, 0.15) is 49.7 Å². The van der Waals surface area contributed by atoms with Crippen molar-refractivity contribution in [3.8, 4) is 0 Å². The molecule has 0 bridgehead atoms. The standard InChI is InChI=1S/C32H38N6O4/c1-20(33)31(41)34-21(2)32(42)37-26(19-22-11-5-3-6-12-22)27(39)17-18-28(40)38-29(23-13-7-4-8-14-23)30-35-24-15-9-10-16-25(24)36-30/h3-16,20-21,26-27,29,39H,17-19,33H2,1-2H3,(H,34,41)(H,35,36)(H,37,42)(H,38,40)/t20-,21-,26-,27-,29?/m0/s1. The number of nitrogens with two attached hydrogens (primary N) is 1. The lowest BCUT2D eigenvalue weighted by Crippen LogP contribution is -2.54. The summed E-state index contributed by atoms with van der Waals surface area (Å²) in [6, 6.07) is 23.8. The van der Waals surface area contributed by atoms with Crippen molar-refractivity contribution in [3.63, 3.8) is 0 Å². The maximum atomic E-state index is 13.2. The van der Waals surface area contributed by atoms with E-state index < -0.39 is 42.1 Å². The van der Waals surface area contributed by atoms with Crippen LogP contribution in [0.5, 0.6) is 0 Å². The number of para-hydroxylation sites is 2. The average Bonchev–Trinajstić information content (AvgIpc) is 3.43. The molecular formula is C32H38N6O4. The molecule has 0 radical (unpaired) electrons. The molecule has 0 aliphatic carbocycles. The number of fused-ring (bicyclic) bond motifs is 1. The number of nitrogens with one attached hydrogen (secondary N) is 4. The van der Waals surface area contributed by atoms with E-state index in [1.165, 1.54) is 6.92 Å². The molecule has 3 aromatic carbocycles. The van der Waals surface area contributed by atoms with Gasteiger partial charge in [-0.05, 0) is 49.9 Å². The highest BCUT2D eigenvalue weighted by Crippen LogP contribution is 2.23. The number of amides is 3. The Balaban J connectivity index is 1.44. The van der Waals surface area contributed by atoms with Crippen molar-refractivity contribution in [3.05, 3.63) is 102 Å². The van der Waals surface area contributed by atoms with Crippen LogP contribution < -0.4 is 21.7 Å². The summed E-state index contributed by atoms with van der Waals surface area (Å²) in [4.78, 5) is 46.1. The van der Waals surface area contributed by atoms with E-state index in [0.29, 0.717) is 12.2 Å². The molecule has 220 valence electrons. The molecule has 1 aromatic heterocycles. The topological polar surface area (TPSA) is 162 Å². The minimum atomic E-state index is -1.03. The van der Waals surface area contributed by atoms with Crippen LogP contribution in [0.3, 0.4) is 0 Å². The van der Waals surface area contributed by atoms with Crippen molar-refractivity contribution < 1.29 is 19.5 Å². The number of benzene rings is 3. The van der Waals surface area contributed by atoms with Crippen molar-refractivity contribution in [2.45, 2.75) is 63.4 Å². The normalized spacial score (nSPS) is 14.8. The van der Waals surface area contributed by atoms with Gasteiger partial charge in [-0.2, -0.15) is 0 Å². The van der Waals surface area contributed by atoms with E-state index in [-0.39, 0.29) is 18.7 Å². The Morgan fingerprint density at radius 1 is 0.857 bits per heavy atom. The highest BCUT2D eigenvalue weighted by Gasteiger charge is 2.27. The first-order valence-electron chi connectivity index (χ1n) is 14.1. The number of imidazole rings is 1. The van der Waals surface area contributed by atoms with Gasteiger partial charge < -0.3 is 31.8 Å². The zero-order chi connectivity index (χ0) is 30.1. The Morgan fingerprint density at radius 3 is 2.17 bits per heavy atom. The number of H-pyrrole nitrogens is 1. The van der Waals surface area contributed by atoms with Crippen molar-refractivity contribution in [1.82, 2.24) is 25.9 Å². The fourth-order valence-corrected chi connectivity index (χ4v) is 4.65. The van der Waals surface area contributed by atoms with Crippen LogP contribution in [0.25, 0.3) is 11.0 Å². The molecule has 7 N–H and O–H groups in total. The summed E-state index contributed by atoms with van der Waals surface area (Å²) in [7, 11) is 0. The van der Waals surface area contributed by atoms with Crippen LogP contribution in [-0.4, -0.2) is 57.0 Å². The van der Waals surface area contributed by atoms with Crippen LogP contribution in [0.15, 0.2) is 84.9 Å². The number of aliphatic hydroxyl groups excluding tert-OH is 1. The molecular weight excluding hydrogens is 532 g/mol. The van der Waals surface area contributed by atoms with Crippen LogP contribution in [0.4, 0.5) is 0 Å². The van der Waals surface area contributed by atoms with E-state index in [0.717, 1.165) is 22.2 Å². The van der Waals surface area contributed by atoms with E-state index in [1.54, 1.807) is 6.92 Å². The molecule has 10 heteroatoms. The van der Waals surface area contributed by atoms with Crippen LogP contribution >= 0.6 is 0 Å². The van der Waals surface area contributed by atoms with Gasteiger partial charge in [0.1, 0.15) is 17.9 Å². The predicted molar refractivity (Wildman–Crippen MR) is 161 cm³/mol. The van der Waals surface area contributed by atoms with Crippen LogP contribution in [0, 0.1) is 0 Å². The maximum Gasteiger partial charge on any atom is 0.242 e. The largest absolute Gasteiger partial charge is 0.391 e. The number of hydrogen-bond donors (Lipinski definition) is 6. The van der Waals surface area contributed by atoms with Crippen molar-refractivity contribution in [2.75, 3.05) is 0 Å². The monoisotopic (exact) mass is 570 g/mol. The Labute approximate surface area is 245 Å². The minimum absolute atomic E-state index is 0.0167. The lowest BCUT2D eigenvalue weighted by atomic mass is 9.97. The van der Waals surface area contributed by atoms with Gasteiger partial charge in [0.05, 0.1) is 29.2 Å². The molecule has 42 heavy (non-hydrogen) atoms. The van der Waals surface area contributed by atoms with E-state index in [9.17, 15) is 19.5 Å². The molecule has 3 amide bonds. The van der Waals surface area contributed by atoms with Gasteiger partial charge in [-0.25, -0.2) is 4.98 Å². The molecule has 0 spiro atoms. The van der Waals surface area contributed by atoms with E-state index in [2.05, 4.69) is 25.9 Å². The third-order valence-corrected chi connectivity index (χ3v) is 7.04. The molecule has 5 atom stereocenters. The van der Waals surface area contributed by atoms with Crippen molar-refractivity contribution in [2.24, 2.45) is 5.73 Å². The smallest absolute Gasteiger partial charge is 0.242 e. The molecule has 0 aliphatic rings. The average molecular weight is 571 g/mol. The Bertz CT molecular complexity index is 1440. The highest BCUT2D eigenvalue weighted by atomic mass is 16.3. The second-order valence-corrected chi connectivity index (χ2v) is 10.5. The Morgan fingerprint density at radius 2 is 1.50 bits per heavy atom. The Hall–Kier alpha value is -4.54. The number of carbonyl (C=O) groups excluding carboxylic acids is 3. The van der Waals surface area contributed by atoms with Gasteiger partial charge in [-0.15, -0.1) is 0 Å². The summed E-state index contributed by atoms with van der Waals surface area (Å²) in [5.74, 6) is -0.576. The zero-order valence-electron chi connectivity index (χ0n) is 23.8. The van der Waals surface area contributed by atoms with Gasteiger partial charge in [-0.3, -0.25) is 14.4 Å². The first-order valence-corrected chi connectivity index (χ1v) is 14.1. The van der Waals surface area contributed by atoms with Crippen LogP contribution in [0.2, 0.25) is 0 Å². The van der Waals surface area contributed by atoms with Crippen LogP contribution in [-0.2, 0) is 20.8 Å². The van der Waals surface area contributed by atoms with E-state index >= 15 is 0 Å². The first-order chi connectivity index (χ1) is 20.2. The third-order valence-electron chi connectivity index (χ3n) is 7.04. The summed E-state index contributed by atoms with van der Waals surface area (Å²) >= 11 is 0. The minimum Gasteiger partial charge on any atom is -0.391 e. The number of aromatic nitrogens is 2. The quantitative estimate of drug-likeness (QED) is 0.145. The van der Waals surface area contributed by atoms with E-state index in [4.69, 9.17) is 5.73 Å².